The van der Waals surface area contributed by atoms with Gasteiger partial charge < -0.3 is 14.8 Å². The van der Waals surface area contributed by atoms with Crippen LogP contribution in [-0.2, 0) is 20.7 Å². The number of benzene rings is 2. The van der Waals surface area contributed by atoms with E-state index in [9.17, 15) is 9.59 Å². The van der Waals surface area contributed by atoms with Crippen molar-refractivity contribution in [3.63, 3.8) is 0 Å². The molecule has 0 aliphatic heterocycles. The highest BCUT2D eigenvalue weighted by molar-refractivity contribution is 5.81. The van der Waals surface area contributed by atoms with Crippen LogP contribution in [0.3, 0.4) is 0 Å². The Bertz CT molecular complexity index is 726. The maximum atomic E-state index is 12.2. The van der Waals surface area contributed by atoms with Crippen molar-refractivity contribution in [3.8, 4) is 5.75 Å². The molecule has 144 valence electrons. The van der Waals surface area contributed by atoms with E-state index >= 15 is 0 Å². The molecule has 0 aliphatic carbocycles. The third-order valence-electron chi connectivity index (χ3n) is 4.19. The standard InChI is InChI=1S/C22H27NO4/c1-4-17-10-12-18(13-11-17)22(16(2)3)23-20(24)14-27-21(25)15-26-19-8-6-5-7-9-19/h5-13,16,22H,4,14-15H2,1-3H3,(H,23,24)/t22-/m0/s1. The van der Waals surface area contributed by atoms with Crippen molar-refractivity contribution in [2.24, 2.45) is 5.92 Å². The van der Waals surface area contributed by atoms with Crippen molar-refractivity contribution in [2.45, 2.75) is 33.2 Å². The summed E-state index contributed by atoms with van der Waals surface area (Å²) >= 11 is 0. The first kappa shape index (κ1) is 20.5. The minimum atomic E-state index is -0.581. The van der Waals surface area contributed by atoms with Gasteiger partial charge in [0.2, 0.25) is 0 Å². The van der Waals surface area contributed by atoms with Gasteiger partial charge in [-0.2, -0.15) is 0 Å². The van der Waals surface area contributed by atoms with Gasteiger partial charge in [0.15, 0.2) is 13.2 Å². The van der Waals surface area contributed by atoms with Crippen molar-refractivity contribution < 1.29 is 19.1 Å². The van der Waals surface area contributed by atoms with Gasteiger partial charge in [-0.1, -0.05) is 63.2 Å². The van der Waals surface area contributed by atoms with E-state index < -0.39 is 5.97 Å². The van der Waals surface area contributed by atoms with Gasteiger partial charge in [-0.15, -0.1) is 0 Å². The molecule has 5 nitrogen and oxygen atoms in total. The van der Waals surface area contributed by atoms with Crippen LogP contribution >= 0.6 is 0 Å². The maximum Gasteiger partial charge on any atom is 0.344 e. The first-order valence-electron chi connectivity index (χ1n) is 9.21. The van der Waals surface area contributed by atoms with Gasteiger partial charge >= 0.3 is 5.97 Å². The summed E-state index contributed by atoms with van der Waals surface area (Å²) in [5, 5.41) is 2.94. The van der Waals surface area contributed by atoms with Crippen LogP contribution in [0, 0.1) is 5.92 Å². The molecular formula is C22H27NO4. The number of aryl methyl sites for hydroxylation is 1. The molecule has 0 saturated heterocycles. The van der Waals surface area contributed by atoms with Crippen molar-refractivity contribution in [1.82, 2.24) is 5.32 Å². The molecule has 0 saturated carbocycles. The van der Waals surface area contributed by atoms with Crippen molar-refractivity contribution in [3.05, 3.63) is 65.7 Å². The van der Waals surface area contributed by atoms with Crippen LogP contribution < -0.4 is 10.1 Å². The average Bonchev–Trinajstić information content (AvgIpc) is 2.69. The van der Waals surface area contributed by atoms with Gasteiger partial charge in [0, 0.05) is 0 Å². The van der Waals surface area contributed by atoms with Crippen LogP contribution in [0.15, 0.2) is 54.6 Å². The highest BCUT2D eigenvalue weighted by Crippen LogP contribution is 2.22. The highest BCUT2D eigenvalue weighted by Gasteiger charge is 2.19. The van der Waals surface area contributed by atoms with Gasteiger partial charge in [-0.3, -0.25) is 4.79 Å². The molecule has 5 heteroatoms. The van der Waals surface area contributed by atoms with E-state index in [1.807, 2.05) is 44.2 Å². The van der Waals surface area contributed by atoms with E-state index in [2.05, 4.69) is 24.4 Å². The molecule has 27 heavy (non-hydrogen) atoms. The Morgan fingerprint density at radius 2 is 1.63 bits per heavy atom. The molecule has 0 unspecified atom stereocenters. The van der Waals surface area contributed by atoms with Crippen LogP contribution in [0.4, 0.5) is 0 Å². The second-order valence-corrected chi connectivity index (χ2v) is 6.65. The zero-order valence-corrected chi connectivity index (χ0v) is 16.1. The molecular weight excluding hydrogens is 342 g/mol. The predicted octanol–water partition coefficient (Wildman–Crippen LogP) is 3.68. The molecule has 0 bridgehead atoms. The first-order valence-corrected chi connectivity index (χ1v) is 9.21. The second-order valence-electron chi connectivity index (χ2n) is 6.65. The highest BCUT2D eigenvalue weighted by atomic mass is 16.6. The lowest BCUT2D eigenvalue weighted by Crippen LogP contribution is -2.35. The molecule has 1 N–H and O–H groups in total. The SMILES string of the molecule is CCc1ccc([C@@H](NC(=O)COC(=O)COc2ccccc2)C(C)C)cc1. The number of para-hydroxylation sites is 1. The maximum absolute atomic E-state index is 12.2. The Labute approximate surface area is 160 Å². The molecule has 0 aromatic heterocycles. The normalized spacial score (nSPS) is 11.7. The number of ether oxygens (including phenoxy) is 2. The van der Waals surface area contributed by atoms with E-state index in [4.69, 9.17) is 9.47 Å². The molecule has 1 atom stereocenters. The fourth-order valence-corrected chi connectivity index (χ4v) is 2.66. The van der Waals surface area contributed by atoms with Gasteiger partial charge in [0.1, 0.15) is 5.75 Å². The molecule has 0 heterocycles. The Hall–Kier alpha value is -2.82. The number of carbonyl (C=O) groups excluding carboxylic acids is 2. The topological polar surface area (TPSA) is 64.6 Å². The molecule has 2 aromatic carbocycles. The van der Waals surface area contributed by atoms with Crippen LogP contribution in [0.25, 0.3) is 0 Å². The molecule has 0 radical (unpaired) electrons. The van der Waals surface area contributed by atoms with Crippen molar-refractivity contribution in [1.29, 1.82) is 0 Å². The predicted molar refractivity (Wildman–Crippen MR) is 104 cm³/mol. The number of hydrogen-bond acceptors (Lipinski definition) is 4. The Balaban J connectivity index is 1.81. The quantitative estimate of drug-likeness (QED) is 0.685. The number of nitrogens with one attached hydrogen (secondary N) is 1. The number of amides is 1. The average molecular weight is 369 g/mol. The molecule has 2 aromatic rings. The summed E-state index contributed by atoms with van der Waals surface area (Å²) in [6.45, 7) is 5.62. The Kier molecular flexibility index (Phi) is 7.86. The third-order valence-corrected chi connectivity index (χ3v) is 4.19. The zero-order chi connectivity index (χ0) is 19.6. The van der Waals surface area contributed by atoms with Gasteiger partial charge in [-0.05, 0) is 35.6 Å². The van der Waals surface area contributed by atoms with Crippen LogP contribution in [0.2, 0.25) is 0 Å². The van der Waals surface area contributed by atoms with Crippen molar-refractivity contribution in [2.75, 3.05) is 13.2 Å². The number of hydrogen-bond donors (Lipinski definition) is 1. The number of carbonyl (C=O) groups is 2. The Morgan fingerprint density at radius 3 is 2.22 bits per heavy atom. The van der Waals surface area contributed by atoms with Crippen LogP contribution in [0.1, 0.15) is 37.9 Å². The number of rotatable bonds is 9. The summed E-state index contributed by atoms with van der Waals surface area (Å²) in [5.41, 5.74) is 2.29. The Morgan fingerprint density at radius 1 is 0.963 bits per heavy atom. The third kappa shape index (κ3) is 6.77. The summed E-state index contributed by atoms with van der Waals surface area (Å²) in [6.07, 6.45) is 0.972. The molecule has 1 amide bonds. The lowest BCUT2D eigenvalue weighted by atomic mass is 9.95. The van der Waals surface area contributed by atoms with Crippen LogP contribution in [-0.4, -0.2) is 25.1 Å². The molecule has 0 aliphatic rings. The van der Waals surface area contributed by atoms with E-state index in [1.165, 1.54) is 5.56 Å². The second kappa shape index (κ2) is 10.4. The summed E-state index contributed by atoms with van der Waals surface area (Å²) in [6, 6.07) is 17.0. The monoisotopic (exact) mass is 369 g/mol. The van der Waals surface area contributed by atoms with E-state index in [0.29, 0.717) is 5.75 Å². The van der Waals surface area contributed by atoms with Crippen molar-refractivity contribution >= 4 is 11.9 Å². The smallest absolute Gasteiger partial charge is 0.344 e. The fraction of sp³-hybridized carbons (Fsp3) is 0.364. The van der Waals surface area contributed by atoms with E-state index in [0.717, 1.165) is 12.0 Å². The minimum absolute atomic E-state index is 0.136. The summed E-state index contributed by atoms with van der Waals surface area (Å²) < 4.78 is 10.3. The summed E-state index contributed by atoms with van der Waals surface area (Å²) in [7, 11) is 0. The first-order chi connectivity index (χ1) is 13.0. The van der Waals surface area contributed by atoms with Crippen LogP contribution in [0.5, 0.6) is 5.75 Å². The van der Waals surface area contributed by atoms with Gasteiger partial charge in [0.05, 0.1) is 6.04 Å². The molecule has 0 fully saturated rings. The van der Waals surface area contributed by atoms with E-state index in [-0.39, 0.29) is 31.1 Å². The van der Waals surface area contributed by atoms with Gasteiger partial charge in [0.25, 0.3) is 5.91 Å². The lowest BCUT2D eigenvalue weighted by molar-refractivity contribution is -0.150. The summed E-state index contributed by atoms with van der Waals surface area (Å²) in [4.78, 5) is 24.0. The fourth-order valence-electron chi connectivity index (χ4n) is 2.66. The largest absolute Gasteiger partial charge is 0.482 e. The van der Waals surface area contributed by atoms with Gasteiger partial charge in [-0.25, -0.2) is 4.79 Å². The van der Waals surface area contributed by atoms with E-state index in [1.54, 1.807) is 12.1 Å². The minimum Gasteiger partial charge on any atom is -0.482 e. The molecule has 0 spiro atoms. The molecule has 2 rings (SSSR count). The number of esters is 1. The zero-order valence-electron chi connectivity index (χ0n) is 16.1. The summed E-state index contributed by atoms with van der Waals surface area (Å²) in [5.74, 6) is -0.128. The lowest BCUT2D eigenvalue weighted by Gasteiger charge is -2.23.